The third-order valence-corrected chi connectivity index (χ3v) is 3.86. The molecule has 22 heavy (non-hydrogen) atoms. The van der Waals surface area contributed by atoms with Crippen molar-refractivity contribution < 1.29 is 31.3 Å². The van der Waals surface area contributed by atoms with Crippen LogP contribution in [0.4, 0.5) is 0 Å². The van der Waals surface area contributed by atoms with Crippen LogP contribution in [-0.4, -0.2) is 69.5 Å². The molecule has 1 aliphatic rings. The minimum absolute atomic E-state index is 0. The normalized spacial score (nSPS) is 35.4. The van der Waals surface area contributed by atoms with Gasteiger partial charge in [0, 0.05) is 7.79 Å². The number of aliphatic hydroxyl groups is 3. The Morgan fingerprint density at radius 1 is 1.50 bits per heavy atom. The van der Waals surface area contributed by atoms with E-state index < -0.39 is 48.9 Å². The van der Waals surface area contributed by atoms with E-state index in [4.69, 9.17) is 6.11 Å². The molecule has 0 spiro atoms. The van der Waals surface area contributed by atoms with Gasteiger partial charge in [0.15, 0.2) is 5.60 Å². The second-order valence-corrected chi connectivity index (χ2v) is 6.12. The van der Waals surface area contributed by atoms with Crippen LogP contribution in [0.1, 0.15) is 42.4 Å². The summed E-state index contributed by atoms with van der Waals surface area (Å²) in [7, 11) is 1.56. The van der Waals surface area contributed by atoms with Crippen LogP contribution >= 0.6 is 0 Å². The fraction of sp³-hybridized carbons (Fsp3) is 0.933. The summed E-state index contributed by atoms with van der Waals surface area (Å²) in [5.74, 6) is -1.19. The average molecular weight is 322 g/mol. The monoisotopic (exact) mass is 322 g/mol. The molecule has 6 atom stereocenters. The molecule has 0 aromatic carbocycles. The summed E-state index contributed by atoms with van der Waals surface area (Å²) in [6.07, 6.45) is -4.94. The Balaban J connectivity index is 0.00000484. The Morgan fingerprint density at radius 2 is 2.09 bits per heavy atom. The van der Waals surface area contributed by atoms with Crippen molar-refractivity contribution in [2.24, 2.45) is 5.92 Å². The van der Waals surface area contributed by atoms with Crippen LogP contribution in [0.5, 0.6) is 0 Å². The van der Waals surface area contributed by atoms with E-state index in [-0.39, 0.29) is 26.2 Å². The van der Waals surface area contributed by atoms with Gasteiger partial charge < -0.3 is 30.5 Å². The number of ether oxygens (including phenoxy) is 1. The lowest BCUT2D eigenvalue weighted by molar-refractivity contribution is -0.230. The van der Waals surface area contributed by atoms with Crippen LogP contribution in [0.2, 0.25) is 0 Å². The van der Waals surface area contributed by atoms with Gasteiger partial charge in [-0.25, -0.2) is 4.79 Å². The van der Waals surface area contributed by atoms with Gasteiger partial charge in [0.2, 0.25) is 0 Å². The molecule has 0 aromatic heterocycles. The van der Waals surface area contributed by atoms with Crippen LogP contribution in [0.15, 0.2) is 0 Å². The molecule has 0 aromatic rings. The van der Waals surface area contributed by atoms with Crippen LogP contribution in [-0.2, 0) is 9.53 Å². The number of carboxylic acid groups (broad SMARTS) is 1. The molecule has 0 bridgehead atoms. The maximum Gasteiger partial charge on any atom is 0.336 e. The number of hydrogen-bond donors (Lipinski definition) is 5. The Morgan fingerprint density at radius 3 is 2.50 bits per heavy atom. The molecule has 0 radical (unpaired) electrons. The molecule has 0 amide bonds. The van der Waals surface area contributed by atoms with Crippen molar-refractivity contribution in [3.8, 4) is 0 Å². The van der Waals surface area contributed by atoms with Gasteiger partial charge in [-0.2, -0.15) is 0 Å². The Kier molecular flexibility index (Phi) is 7.21. The molecule has 1 aliphatic heterocycles. The number of likely N-dealkylation sites (N-methyl/N-ethyl adjacent to an activating group) is 1. The van der Waals surface area contributed by atoms with Gasteiger partial charge in [-0.1, -0.05) is 21.3 Å². The number of carboxylic acids is 1. The van der Waals surface area contributed by atoms with E-state index in [0.717, 1.165) is 0 Å². The molecule has 5 N–H and O–H groups in total. The molecular formula is C15H31NO6. The molecule has 132 valence electrons. The van der Waals surface area contributed by atoms with E-state index in [9.17, 15) is 25.2 Å². The van der Waals surface area contributed by atoms with E-state index in [1.54, 1.807) is 7.05 Å². The van der Waals surface area contributed by atoms with Crippen molar-refractivity contribution in [2.45, 2.75) is 77.1 Å². The molecule has 7 heteroatoms. The number of aliphatic carboxylic acids is 1. The molecule has 1 rings (SSSR count). The van der Waals surface area contributed by atoms with E-state index in [1.807, 2.05) is 13.8 Å². The van der Waals surface area contributed by atoms with Gasteiger partial charge in [0.05, 0.1) is 18.2 Å². The molecule has 7 nitrogen and oxygen atoms in total. The minimum atomic E-state index is -1.62. The minimum Gasteiger partial charge on any atom is -0.479 e. The van der Waals surface area contributed by atoms with Crippen molar-refractivity contribution in [1.82, 2.24) is 5.32 Å². The SMILES string of the molecule is C.[2H]CC(O)C(O)C1OC(CC(C)C)(C(=O)O)CC(O)C1NC. The molecular weight excluding hydrogens is 290 g/mol. The fourth-order valence-corrected chi connectivity index (χ4v) is 2.94. The second-order valence-electron chi connectivity index (χ2n) is 6.12. The standard InChI is InChI=1S/C14H27NO6.CH4/c1-7(2)5-14(13(19)20)6-9(17)10(15-4)12(21-14)11(18)8(3)16;/h7-12,15-18H,5-6H2,1-4H3,(H,19,20);1H4/i3D;. The molecule has 0 saturated carbocycles. The van der Waals surface area contributed by atoms with Crippen LogP contribution in [0.25, 0.3) is 0 Å². The van der Waals surface area contributed by atoms with Crippen LogP contribution < -0.4 is 5.32 Å². The van der Waals surface area contributed by atoms with E-state index in [0.29, 0.717) is 0 Å². The van der Waals surface area contributed by atoms with Crippen molar-refractivity contribution in [1.29, 1.82) is 0 Å². The van der Waals surface area contributed by atoms with Gasteiger partial charge in [0.25, 0.3) is 0 Å². The zero-order valence-corrected chi connectivity index (χ0v) is 12.7. The van der Waals surface area contributed by atoms with Gasteiger partial charge >= 0.3 is 5.97 Å². The first-order valence-corrected chi connectivity index (χ1v) is 7.10. The summed E-state index contributed by atoms with van der Waals surface area (Å²) < 4.78 is 12.9. The highest BCUT2D eigenvalue weighted by Gasteiger charge is 2.53. The lowest BCUT2D eigenvalue weighted by Crippen LogP contribution is -2.66. The van der Waals surface area contributed by atoms with Gasteiger partial charge in [-0.05, 0) is 26.3 Å². The lowest BCUT2D eigenvalue weighted by atomic mass is 9.79. The van der Waals surface area contributed by atoms with E-state index >= 15 is 0 Å². The summed E-state index contributed by atoms with van der Waals surface area (Å²) in [6.45, 7) is 3.24. The topological polar surface area (TPSA) is 119 Å². The van der Waals surface area contributed by atoms with Crippen molar-refractivity contribution in [3.63, 3.8) is 0 Å². The highest BCUT2D eigenvalue weighted by atomic mass is 16.6. The fourth-order valence-electron chi connectivity index (χ4n) is 2.94. The van der Waals surface area contributed by atoms with Gasteiger partial charge in [-0.15, -0.1) is 0 Å². The highest BCUT2D eigenvalue weighted by molar-refractivity contribution is 5.77. The number of aliphatic hydroxyl groups excluding tert-OH is 3. The van der Waals surface area contributed by atoms with Crippen LogP contribution in [0, 0.1) is 5.92 Å². The number of nitrogens with one attached hydrogen (secondary N) is 1. The first kappa shape index (κ1) is 19.3. The Hall–Kier alpha value is -0.730. The first-order valence-electron chi connectivity index (χ1n) is 7.81. The molecule has 6 unspecified atom stereocenters. The zero-order chi connectivity index (χ0) is 17.1. The van der Waals surface area contributed by atoms with Gasteiger partial charge in [-0.3, -0.25) is 0 Å². The van der Waals surface area contributed by atoms with E-state index in [2.05, 4.69) is 5.32 Å². The predicted octanol–water partition coefficient (Wildman–Crippen LogP) is -0.0285. The number of rotatable bonds is 6. The summed E-state index contributed by atoms with van der Waals surface area (Å²) in [6, 6.07) is -0.726. The third-order valence-electron chi connectivity index (χ3n) is 3.86. The van der Waals surface area contributed by atoms with Crippen molar-refractivity contribution in [3.05, 3.63) is 0 Å². The quantitative estimate of drug-likeness (QED) is 0.466. The Bertz CT molecular complexity index is 383. The van der Waals surface area contributed by atoms with E-state index in [1.165, 1.54) is 0 Å². The molecule has 1 fully saturated rings. The average Bonchev–Trinajstić information content (AvgIpc) is 2.44. The maximum absolute atomic E-state index is 11.7. The highest BCUT2D eigenvalue weighted by Crippen LogP contribution is 2.36. The number of hydrogen-bond acceptors (Lipinski definition) is 6. The Labute approximate surface area is 133 Å². The summed E-state index contributed by atoms with van der Waals surface area (Å²) in [5.41, 5.74) is -1.62. The predicted molar refractivity (Wildman–Crippen MR) is 82.6 cm³/mol. The zero-order valence-electron chi connectivity index (χ0n) is 13.7. The maximum atomic E-state index is 11.7. The lowest BCUT2D eigenvalue weighted by Gasteiger charge is -2.47. The summed E-state index contributed by atoms with van der Waals surface area (Å²) in [4.78, 5) is 11.7. The largest absolute Gasteiger partial charge is 0.479 e. The van der Waals surface area contributed by atoms with Crippen molar-refractivity contribution >= 4 is 5.97 Å². The van der Waals surface area contributed by atoms with Gasteiger partial charge in [0.1, 0.15) is 12.2 Å². The van der Waals surface area contributed by atoms with Crippen LogP contribution in [0.3, 0.4) is 0 Å². The molecule has 1 saturated heterocycles. The summed E-state index contributed by atoms with van der Waals surface area (Å²) >= 11 is 0. The third kappa shape index (κ3) is 4.39. The molecule has 0 aliphatic carbocycles. The van der Waals surface area contributed by atoms with Crippen molar-refractivity contribution in [2.75, 3.05) is 7.05 Å². The number of carbonyl (C=O) groups is 1. The first-order chi connectivity index (χ1) is 10.2. The smallest absolute Gasteiger partial charge is 0.336 e. The molecule has 1 heterocycles. The summed E-state index contributed by atoms with van der Waals surface area (Å²) in [5, 5.41) is 42.5. The second kappa shape index (κ2) is 8.21.